The third-order valence-electron chi connectivity index (χ3n) is 8.75. The number of benzene rings is 3. The lowest BCUT2D eigenvalue weighted by molar-refractivity contribution is 0.0974. The summed E-state index contributed by atoms with van der Waals surface area (Å²) in [7, 11) is 0. The Balaban J connectivity index is 1.29. The number of nitrogens with one attached hydrogen (secondary N) is 1. The molecular formula is C34H36N2O2. The van der Waals surface area contributed by atoms with E-state index in [9.17, 15) is 9.59 Å². The van der Waals surface area contributed by atoms with Crippen molar-refractivity contribution >= 4 is 23.1 Å². The van der Waals surface area contributed by atoms with Gasteiger partial charge in [-0.2, -0.15) is 0 Å². The lowest BCUT2D eigenvalue weighted by Gasteiger charge is -2.35. The predicted octanol–water partition coefficient (Wildman–Crippen LogP) is 8.06. The van der Waals surface area contributed by atoms with E-state index in [1.165, 1.54) is 62.6 Å². The number of nitrogens with zero attached hydrogens (tertiary/aromatic N) is 1. The fourth-order valence-electron chi connectivity index (χ4n) is 6.82. The van der Waals surface area contributed by atoms with Crippen molar-refractivity contribution in [1.29, 1.82) is 0 Å². The van der Waals surface area contributed by atoms with Gasteiger partial charge in [-0.15, -0.1) is 0 Å². The van der Waals surface area contributed by atoms with Gasteiger partial charge in [0, 0.05) is 40.9 Å². The number of amides is 1. The first kappa shape index (κ1) is 24.7. The number of rotatable bonds is 5. The van der Waals surface area contributed by atoms with Crippen molar-refractivity contribution in [3.05, 3.63) is 107 Å². The molecule has 4 heteroatoms. The molecule has 3 aliphatic rings. The molecule has 0 aromatic heterocycles. The van der Waals surface area contributed by atoms with Gasteiger partial charge < -0.3 is 10.2 Å². The number of allylic oxidation sites excluding steroid dienone is 2. The van der Waals surface area contributed by atoms with Crippen molar-refractivity contribution < 1.29 is 9.59 Å². The molecule has 2 aliphatic carbocycles. The Morgan fingerprint density at radius 2 is 1.42 bits per heavy atom. The molecule has 0 saturated heterocycles. The molecule has 3 aromatic rings. The summed E-state index contributed by atoms with van der Waals surface area (Å²) in [5.74, 6) is 0.0619. The zero-order chi connectivity index (χ0) is 26.0. The SMILES string of the molecule is O=C1CCCN(C(=O)c2ccc(NC(=C3CCCC3)C3(c4ccccc4)CCCC3)cc2)c2ccccc21. The summed E-state index contributed by atoms with van der Waals surface area (Å²) in [4.78, 5) is 27.9. The van der Waals surface area contributed by atoms with E-state index in [1.54, 1.807) is 10.5 Å². The summed E-state index contributed by atoms with van der Waals surface area (Å²) in [6, 6.07) is 26.5. The summed E-state index contributed by atoms with van der Waals surface area (Å²) in [5, 5.41) is 3.89. The molecule has 0 atom stereocenters. The first-order valence-electron chi connectivity index (χ1n) is 14.2. The van der Waals surface area contributed by atoms with Gasteiger partial charge in [0.2, 0.25) is 0 Å². The van der Waals surface area contributed by atoms with Crippen LogP contribution in [0.4, 0.5) is 11.4 Å². The Kier molecular flexibility index (Phi) is 6.88. The predicted molar refractivity (Wildman–Crippen MR) is 154 cm³/mol. The number of fused-ring (bicyclic) bond motifs is 1. The Hall–Kier alpha value is -3.66. The summed E-state index contributed by atoms with van der Waals surface area (Å²) in [6.07, 6.45) is 10.9. The van der Waals surface area contributed by atoms with Crippen LogP contribution in [0.15, 0.2) is 90.1 Å². The molecule has 1 aliphatic heterocycles. The van der Waals surface area contributed by atoms with Gasteiger partial charge >= 0.3 is 0 Å². The zero-order valence-electron chi connectivity index (χ0n) is 22.0. The van der Waals surface area contributed by atoms with Gasteiger partial charge in [0.25, 0.3) is 5.91 Å². The summed E-state index contributed by atoms with van der Waals surface area (Å²) >= 11 is 0. The summed E-state index contributed by atoms with van der Waals surface area (Å²) < 4.78 is 0. The Labute approximate surface area is 225 Å². The van der Waals surface area contributed by atoms with E-state index in [0.29, 0.717) is 30.5 Å². The van der Waals surface area contributed by atoms with E-state index in [-0.39, 0.29) is 17.1 Å². The average Bonchev–Trinajstić information content (AvgIpc) is 3.65. The largest absolute Gasteiger partial charge is 0.358 e. The van der Waals surface area contributed by atoms with Gasteiger partial charge in [-0.25, -0.2) is 0 Å². The maximum absolute atomic E-state index is 13.6. The smallest absolute Gasteiger partial charge is 0.258 e. The van der Waals surface area contributed by atoms with Gasteiger partial charge in [0.1, 0.15) is 0 Å². The minimum atomic E-state index is -0.0513. The molecule has 0 spiro atoms. The quantitative estimate of drug-likeness (QED) is 0.382. The van der Waals surface area contributed by atoms with E-state index < -0.39 is 0 Å². The molecule has 0 unspecified atom stereocenters. The highest BCUT2D eigenvalue weighted by Gasteiger charge is 2.41. The number of hydrogen-bond donors (Lipinski definition) is 1. The van der Waals surface area contributed by atoms with Crippen LogP contribution in [0.3, 0.4) is 0 Å². The van der Waals surface area contributed by atoms with Crippen LogP contribution in [0.5, 0.6) is 0 Å². The van der Waals surface area contributed by atoms with Crippen molar-refractivity contribution in [1.82, 2.24) is 0 Å². The number of carbonyl (C=O) groups is 2. The Morgan fingerprint density at radius 1 is 0.737 bits per heavy atom. The van der Waals surface area contributed by atoms with Crippen molar-refractivity contribution in [3.63, 3.8) is 0 Å². The van der Waals surface area contributed by atoms with Crippen molar-refractivity contribution in [3.8, 4) is 0 Å². The molecule has 2 fully saturated rings. The van der Waals surface area contributed by atoms with Crippen LogP contribution in [0.25, 0.3) is 0 Å². The highest BCUT2D eigenvalue weighted by molar-refractivity contribution is 6.11. The van der Waals surface area contributed by atoms with Gasteiger partial charge in [-0.05, 0) is 92.5 Å². The van der Waals surface area contributed by atoms with Gasteiger partial charge in [0.05, 0.1) is 5.69 Å². The third-order valence-corrected chi connectivity index (χ3v) is 8.75. The maximum atomic E-state index is 13.6. The van der Waals surface area contributed by atoms with Gasteiger partial charge in [0.15, 0.2) is 5.78 Å². The molecule has 6 rings (SSSR count). The van der Waals surface area contributed by atoms with E-state index in [4.69, 9.17) is 0 Å². The molecule has 1 N–H and O–H groups in total. The lowest BCUT2D eigenvalue weighted by atomic mass is 9.74. The summed E-state index contributed by atoms with van der Waals surface area (Å²) in [5.41, 5.74) is 7.48. The molecular weight excluding hydrogens is 468 g/mol. The number of carbonyl (C=O) groups excluding carboxylic acids is 2. The fourth-order valence-corrected chi connectivity index (χ4v) is 6.82. The number of Topliss-reactive ketones (excluding diaryl/α,β-unsaturated/α-hetero) is 1. The first-order chi connectivity index (χ1) is 18.7. The molecule has 194 valence electrons. The molecule has 0 bridgehead atoms. The number of para-hydroxylation sites is 1. The van der Waals surface area contributed by atoms with Crippen molar-refractivity contribution in [2.75, 3.05) is 16.8 Å². The van der Waals surface area contributed by atoms with Crippen LogP contribution in [-0.4, -0.2) is 18.2 Å². The third kappa shape index (κ3) is 4.57. The Bertz CT molecular complexity index is 1340. The highest BCUT2D eigenvalue weighted by Crippen LogP contribution is 2.49. The zero-order valence-corrected chi connectivity index (χ0v) is 22.0. The van der Waals surface area contributed by atoms with Crippen LogP contribution in [0.1, 0.15) is 90.5 Å². The van der Waals surface area contributed by atoms with E-state index in [0.717, 1.165) is 11.4 Å². The minimum absolute atomic E-state index is 0.0394. The molecule has 1 heterocycles. The molecule has 3 aromatic carbocycles. The van der Waals surface area contributed by atoms with Crippen LogP contribution < -0.4 is 10.2 Å². The van der Waals surface area contributed by atoms with Crippen molar-refractivity contribution in [2.24, 2.45) is 0 Å². The van der Waals surface area contributed by atoms with Crippen LogP contribution in [0, 0.1) is 0 Å². The van der Waals surface area contributed by atoms with E-state index in [2.05, 4.69) is 35.6 Å². The maximum Gasteiger partial charge on any atom is 0.258 e. The second-order valence-electron chi connectivity index (χ2n) is 11.0. The van der Waals surface area contributed by atoms with Crippen LogP contribution in [-0.2, 0) is 5.41 Å². The first-order valence-corrected chi connectivity index (χ1v) is 14.2. The van der Waals surface area contributed by atoms with E-state index >= 15 is 0 Å². The number of hydrogen-bond acceptors (Lipinski definition) is 3. The number of ketones is 1. The summed E-state index contributed by atoms with van der Waals surface area (Å²) in [6.45, 7) is 0.553. The molecule has 1 amide bonds. The second kappa shape index (κ2) is 10.6. The number of anilines is 2. The monoisotopic (exact) mass is 504 g/mol. The average molecular weight is 505 g/mol. The molecule has 2 saturated carbocycles. The second-order valence-corrected chi connectivity index (χ2v) is 11.0. The van der Waals surface area contributed by atoms with Crippen molar-refractivity contribution in [2.45, 2.75) is 69.6 Å². The standard InChI is InChI=1S/C34H36N2O2/c37-31-17-10-24-36(30-16-7-6-15-29(30)31)33(38)26-18-20-28(21-19-26)35-32(25-11-4-5-12-25)34(22-8-9-23-34)27-13-2-1-3-14-27/h1-3,6-7,13-16,18-21,35H,4-5,8-12,17,22-24H2. The van der Waals surface area contributed by atoms with Gasteiger partial charge in [-0.1, -0.05) is 55.3 Å². The fraction of sp³-hybridized carbons (Fsp3) is 0.353. The molecule has 0 radical (unpaired) electrons. The van der Waals surface area contributed by atoms with E-state index in [1.807, 2.05) is 48.5 Å². The van der Waals surface area contributed by atoms with Crippen LogP contribution in [0.2, 0.25) is 0 Å². The lowest BCUT2D eigenvalue weighted by Crippen LogP contribution is -2.32. The van der Waals surface area contributed by atoms with Crippen LogP contribution >= 0.6 is 0 Å². The van der Waals surface area contributed by atoms with Gasteiger partial charge in [-0.3, -0.25) is 9.59 Å². The molecule has 4 nitrogen and oxygen atoms in total. The normalized spacial score (nSPS) is 18.7. The Morgan fingerprint density at radius 3 is 2.16 bits per heavy atom. The topological polar surface area (TPSA) is 49.4 Å². The minimum Gasteiger partial charge on any atom is -0.358 e. The molecule has 38 heavy (non-hydrogen) atoms. The highest BCUT2D eigenvalue weighted by atomic mass is 16.2.